The summed E-state index contributed by atoms with van der Waals surface area (Å²) in [4.78, 5) is 14.8. The van der Waals surface area contributed by atoms with E-state index in [1.807, 2.05) is 6.92 Å². The van der Waals surface area contributed by atoms with Crippen LogP contribution in [0.3, 0.4) is 0 Å². The maximum atomic E-state index is 12.5. The molecule has 1 atom stereocenters. The normalized spacial score (nSPS) is 30.7. The van der Waals surface area contributed by atoms with E-state index < -0.39 is 0 Å². The first-order valence-electron chi connectivity index (χ1n) is 9.15. The van der Waals surface area contributed by atoms with Gasteiger partial charge in [0.2, 0.25) is 5.91 Å². The Morgan fingerprint density at radius 3 is 2.36 bits per heavy atom. The Balaban J connectivity index is 1.79. The summed E-state index contributed by atoms with van der Waals surface area (Å²) in [6, 6.07) is 0.330. The Kier molecular flexibility index (Phi) is 6.27. The molecule has 2 N–H and O–H groups in total. The lowest BCUT2D eigenvalue weighted by molar-refractivity contribution is -0.128. The van der Waals surface area contributed by atoms with E-state index >= 15 is 0 Å². The average molecular weight is 310 g/mol. The van der Waals surface area contributed by atoms with Crippen molar-refractivity contribution in [2.24, 2.45) is 11.3 Å². The highest BCUT2D eigenvalue weighted by Crippen LogP contribution is 2.34. The number of rotatable bonds is 5. The lowest BCUT2D eigenvalue weighted by atomic mass is 9.76. The summed E-state index contributed by atoms with van der Waals surface area (Å²) in [6.07, 6.45) is 7.75. The van der Waals surface area contributed by atoms with Gasteiger partial charge in [0.15, 0.2) is 0 Å². The van der Waals surface area contributed by atoms with Crippen LogP contribution in [0.1, 0.15) is 65.7 Å². The number of aliphatic hydroxyl groups is 1. The minimum absolute atomic E-state index is 0.0482. The zero-order valence-electron chi connectivity index (χ0n) is 14.6. The van der Waals surface area contributed by atoms with Gasteiger partial charge < -0.3 is 10.4 Å². The van der Waals surface area contributed by atoms with Crippen molar-refractivity contribution in [3.63, 3.8) is 0 Å². The Bertz CT molecular complexity index is 350. The third-order valence-corrected chi connectivity index (χ3v) is 6.23. The second-order valence-corrected chi connectivity index (χ2v) is 7.69. The summed E-state index contributed by atoms with van der Waals surface area (Å²) in [5, 5.41) is 12.9. The van der Waals surface area contributed by atoms with Crippen molar-refractivity contribution in [3.05, 3.63) is 0 Å². The molecule has 0 aromatic heterocycles. The van der Waals surface area contributed by atoms with E-state index in [1.54, 1.807) is 0 Å². The predicted octanol–water partition coefficient (Wildman–Crippen LogP) is 2.55. The number of amides is 1. The van der Waals surface area contributed by atoms with Gasteiger partial charge in [-0.3, -0.25) is 9.69 Å². The molecule has 4 heteroatoms. The quantitative estimate of drug-likeness (QED) is 0.820. The number of hydrogen-bond donors (Lipinski definition) is 2. The second-order valence-electron chi connectivity index (χ2n) is 7.69. The minimum Gasteiger partial charge on any atom is -0.396 e. The highest BCUT2D eigenvalue weighted by atomic mass is 16.3. The fraction of sp³-hybridized carbons (Fsp3) is 0.944. The van der Waals surface area contributed by atoms with E-state index in [1.165, 1.54) is 12.8 Å². The van der Waals surface area contributed by atoms with Gasteiger partial charge in [-0.25, -0.2) is 0 Å². The number of nitrogens with zero attached hydrogens (tertiary/aromatic N) is 1. The SMILES string of the molecule is CCC1(CO)CCN(C(C)C(=O)NC2CCC(C)CC2)CC1. The minimum atomic E-state index is -0.0482. The van der Waals surface area contributed by atoms with Gasteiger partial charge in [-0.2, -0.15) is 0 Å². The molecule has 0 radical (unpaired) electrons. The Hall–Kier alpha value is -0.610. The third kappa shape index (κ3) is 4.23. The summed E-state index contributed by atoms with van der Waals surface area (Å²) < 4.78 is 0. The molecule has 4 nitrogen and oxygen atoms in total. The van der Waals surface area contributed by atoms with Gasteiger partial charge in [0.05, 0.1) is 6.04 Å². The summed E-state index contributed by atoms with van der Waals surface area (Å²) in [7, 11) is 0. The molecule has 0 aromatic rings. The molecular weight excluding hydrogens is 276 g/mol. The van der Waals surface area contributed by atoms with E-state index in [9.17, 15) is 9.90 Å². The summed E-state index contributed by atoms with van der Waals surface area (Å²) >= 11 is 0. The summed E-state index contributed by atoms with van der Waals surface area (Å²) in [6.45, 7) is 8.61. The molecule has 1 aliphatic heterocycles. The topological polar surface area (TPSA) is 52.6 Å². The van der Waals surface area contributed by atoms with Crippen LogP contribution in [0.2, 0.25) is 0 Å². The number of aliphatic hydroxyl groups excluding tert-OH is 1. The number of carbonyl (C=O) groups is 1. The monoisotopic (exact) mass is 310 g/mol. The van der Waals surface area contributed by atoms with E-state index in [4.69, 9.17) is 0 Å². The van der Waals surface area contributed by atoms with Gasteiger partial charge in [0.1, 0.15) is 0 Å². The van der Waals surface area contributed by atoms with Gasteiger partial charge in [-0.15, -0.1) is 0 Å². The molecule has 2 rings (SSSR count). The van der Waals surface area contributed by atoms with Crippen LogP contribution in [0.4, 0.5) is 0 Å². The standard InChI is InChI=1S/C18H34N2O2/c1-4-18(13-21)9-11-20(12-10-18)15(3)17(22)19-16-7-5-14(2)6-8-16/h14-16,21H,4-13H2,1-3H3,(H,19,22). The van der Waals surface area contributed by atoms with Gasteiger partial charge in [0, 0.05) is 12.6 Å². The Morgan fingerprint density at radius 1 is 1.27 bits per heavy atom. The van der Waals surface area contributed by atoms with Crippen LogP contribution in [0.5, 0.6) is 0 Å². The van der Waals surface area contributed by atoms with Crippen molar-refractivity contribution in [2.45, 2.75) is 77.8 Å². The molecule has 2 aliphatic rings. The van der Waals surface area contributed by atoms with Crippen LogP contribution in [0, 0.1) is 11.3 Å². The lowest BCUT2D eigenvalue weighted by Crippen LogP contribution is -2.52. The summed E-state index contributed by atoms with van der Waals surface area (Å²) in [5.41, 5.74) is 0.0895. The number of hydrogen-bond acceptors (Lipinski definition) is 3. The van der Waals surface area contributed by atoms with E-state index in [2.05, 4.69) is 24.1 Å². The molecule has 0 spiro atoms. The molecule has 1 saturated heterocycles. The highest BCUT2D eigenvalue weighted by molar-refractivity contribution is 5.81. The molecular formula is C18H34N2O2. The molecule has 2 fully saturated rings. The number of carbonyl (C=O) groups excluding carboxylic acids is 1. The molecule has 1 heterocycles. The molecule has 1 aliphatic carbocycles. The van der Waals surface area contributed by atoms with Crippen LogP contribution in [0.15, 0.2) is 0 Å². The second kappa shape index (κ2) is 7.78. The third-order valence-electron chi connectivity index (χ3n) is 6.23. The molecule has 1 unspecified atom stereocenters. The van der Waals surface area contributed by atoms with Crippen molar-refractivity contribution in [1.82, 2.24) is 10.2 Å². The lowest BCUT2D eigenvalue weighted by Gasteiger charge is -2.42. The molecule has 22 heavy (non-hydrogen) atoms. The van der Waals surface area contributed by atoms with Crippen LogP contribution >= 0.6 is 0 Å². The van der Waals surface area contributed by atoms with E-state index in [0.717, 1.165) is 51.1 Å². The molecule has 0 bridgehead atoms. The number of nitrogens with one attached hydrogen (secondary N) is 1. The van der Waals surface area contributed by atoms with Gasteiger partial charge in [-0.1, -0.05) is 13.8 Å². The van der Waals surface area contributed by atoms with Gasteiger partial charge in [-0.05, 0) is 76.3 Å². The van der Waals surface area contributed by atoms with Crippen LogP contribution in [0.25, 0.3) is 0 Å². The molecule has 1 amide bonds. The van der Waals surface area contributed by atoms with Crippen molar-refractivity contribution in [1.29, 1.82) is 0 Å². The van der Waals surface area contributed by atoms with Crippen molar-refractivity contribution < 1.29 is 9.90 Å². The number of piperidine rings is 1. The largest absolute Gasteiger partial charge is 0.396 e. The fourth-order valence-electron chi connectivity index (χ4n) is 3.90. The zero-order chi connectivity index (χ0) is 16.2. The fourth-order valence-corrected chi connectivity index (χ4v) is 3.90. The first-order chi connectivity index (χ1) is 10.5. The van der Waals surface area contributed by atoms with Crippen LogP contribution in [-0.2, 0) is 4.79 Å². The smallest absolute Gasteiger partial charge is 0.237 e. The number of likely N-dealkylation sites (tertiary alicyclic amines) is 1. The van der Waals surface area contributed by atoms with Crippen molar-refractivity contribution >= 4 is 5.91 Å². The highest BCUT2D eigenvalue weighted by Gasteiger charge is 2.35. The maximum absolute atomic E-state index is 12.5. The van der Waals surface area contributed by atoms with E-state index in [0.29, 0.717) is 6.04 Å². The first-order valence-corrected chi connectivity index (χ1v) is 9.15. The molecule has 0 aromatic carbocycles. The van der Waals surface area contributed by atoms with Crippen LogP contribution < -0.4 is 5.32 Å². The zero-order valence-corrected chi connectivity index (χ0v) is 14.6. The van der Waals surface area contributed by atoms with Gasteiger partial charge >= 0.3 is 0 Å². The van der Waals surface area contributed by atoms with Crippen molar-refractivity contribution in [2.75, 3.05) is 19.7 Å². The Morgan fingerprint density at radius 2 is 1.86 bits per heavy atom. The first kappa shape index (κ1) is 17.7. The maximum Gasteiger partial charge on any atom is 0.237 e. The molecule has 128 valence electrons. The average Bonchev–Trinajstić information content (AvgIpc) is 2.56. The van der Waals surface area contributed by atoms with E-state index in [-0.39, 0.29) is 24.0 Å². The van der Waals surface area contributed by atoms with Gasteiger partial charge in [0.25, 0.3) is 0 Å². The Labute approximate surface area is 135 Å². The predicted molar refractivity (Wildman–Crippen MR) is 89.6 cm³/mol. The van der Waals surface area contributed by atoms with Crippen molar-refractivity contribution in [3.8, 4) is 0 Å². The molecule has 1 saturated carbocycles. The summed E-state index contributed by atoms with van der Waals surface area (Å²) in [5.74, 6) is 1.00. The van der Waals surface area contributed by atoms with Crippen LogP contribution in [-0.4, -0.2) is 47.7 Å².